The molecule has 2 aromatic carbocycles. The van der Waals surface area contributed by atoms with Gasteiger partial charge in [-0.05, 0) is 43.7 Å². The molecule has 0 saturated carbocycles. The number of hydrogen-bond acceptors (Lipinski definition) is 9. The smallest absolute Gasteiger partial charge is 0.273 e. The number of rotatable bonds is 9. The van der Waals surface area contributed by atoms with Crippen LogP contribution < -0.4 is 15.5 Å². The maximum Gasteiger partial charge on any atom is 0.273 e. The van der Waals surface area contributed by atoms with E-state index in [2.05, 4.69) is 25.6 Å². The molecule has 13 heteroatoms. The summed E-state index contributed by atoms with van der Waals surface area (Å²) in [4.78, 5) is 43.5. The fourth-order valence-electron chi connectivity index (χ4n) is 5.56. The van der Waals surface area contributed by atoms with Gasteiger partial charge >= 0.3 is 0 Å². The van der Waals surface area contributed by atoms with Crippen molar-refractivity contribution in [3.8, 4) is 11.4 Å². The van der Waals surface area contributed by atoms with Crippen LogP contribution in [0, 0.1) is 12.7 Å². The van der Waals surface area contributed by atoms with Crippen LogP contribution in [0.4, 0.5) is 21.7 Å². The maximum atomic E-state index is 14.6. The van der Waals surface area contributed by atoms with Crippen molar-refractivity contribution in [3.63, 3.8) is 0 Å². The zero-order valence-corrected chi connectivity index (χ0v) is 26.1. The van der Waals surface area contributed by atoms with Crippen molar-refractivity contribution in [2.45, 2.75) is 32.5 Å². The van der Waals surface area contributed by atoms with Crippen LogP contribution in [0.3, 0.4) is 0 Å². The molecule has 2 amide bonds. The molecule has 6 rings (SSSR count). The number of aliphatic hydroxyl groups excluding tert-OH is 1. The summed E-state index contributed by atoms with van der Waals surface area (Å²) in [6, 6.07) is 14.3. The van der Waals surface area contributed by atoms with E-state index in [1.54, 1.807) is 31.2 Å². The van der Waals surface area contributed by atoms with E-state index in [-0.39, 0.29) is 35.6 Å². The van der Waals surface area contributed by atoms with Gasteiger partial charge in [-0.1, -0.05) is 47.5 Å². The molecule has 1 saturated heterocycles. The minimum Gasteiger partial charge on any atom is -0.394 e. The fourth-order valence-corrected chi connectivity index (χ4v) is 5.75. The molecular weight excluding hydrogens is 613 g/mol. The van der Waals surface area contributed by atoms with E-state index >= 15 is 0 Å². The minimum atomic E-state index is -0.819. The third kappa shape index (κ3) is 6.50. The molecule has 0 unspecified atom stereocenters. The number of aliphatic hydroxyl groups is 1. The van der Waals surface area contributed by atoms with E-state index in [0.717, 1.165) is 11.1 Å². The number of nitrogens with one attached hydrogen (secondary N) is 2. The molecule has 0 aliphatic carbocycles. The van der Waals surface area contributed by atoms with E-state index in [9.17, 15) is 19.1 Å². The molecule has 4 heterocycles. The number of pyridine rings is 1. The highest BCUT2D eigenvalue weighted by Crippen LogP contribution is 2.31. The van der Waals surface area contributed by atoms with Crippen molar-refractivity contribution in [2.75, 3.05) is 43.1 Å². The first-order chi connectivity index (χ1) is 22.2. The number of carbonyl (C=O) groups is 2. The van der Waals surface area contributed by atoms with Crippen LogP contribution in [0.2, 0.25) is 5.02 Å². The topological polar surface area (TPSA) is 133 Å². The average Bonchev–Trinajstić information content (AvgIpc) is 3.40. The number of fused-ring (bicyclic) bond motifs is 1. The zero-order valence-electron chi connectivity index (χ0n) is 25.3. The molecule has 2 aliphatic heterocycles. The van der Waals surface area contributed by atoms with Crippen molar-refractivity contribution in [3.05, 3.63) is 94.0 Å². The fraction of sp³-hybridized carbons (Fsp3) is 0.303. The summed E-state index contributed by atoms with van der Waals surface area (Å²) in [5, 5.41) is 16.1. The average molecular weight is 646 g/mol. The first-order valence-electron chi connectivity index (χ1n) is 14.9. The third-order valence-corrected chi connectivity index (χ3v) is 8.39. The number of amides is 2. The van der Waals surface area contributed by atoms with Gasteiger partial charge in [0.05, 0.1) is 48.5 Å². The van der Waals surface area contributed by atoms with Gasteiger partial charge in [-0.15, -0.1) is 0 Å². The van der Waals surface area contributed by atoms with Gasteiger partial charge in [-0.25, -0.2) is 19.3 Å². The molecule has 0 radical (unpaired) electrons. The molecular formula is C33H33ClFN7O4. The van der Waals surface area contributed by atoms with Gasteiger partial charge in [0.1, 0.15) is 23.2 Å². The minimum absolute atomic E-state index is 0.199. The third-order valence-electron chi connectivity index (χ3n) is 8.11. The van der Waals surface area contributed by atoms with Gasteiger partial charge in [0.25, 0.3) is 5.91 Å². The summed E-state index contributed by atoms with van der Waals surface area (Å²) < 4.78 is 20.0. The number of benzene rings is 2. The Bertz CT molecular complexity index is 1790. The van der Waals surface area contributed by atoms with Crippen molar-refractivity contribution in [1.29, 1.82) is 0 Å². The number of aryl methyl sites for hydroxylation is 1. The van der Waals surface area contributed by atoms with Crippen LogP contribution in [0.15, 0.2) is 60.8 Å². The highest BCUT2D eigenvalue weighted by atomic mass is 35.5. The van der Waals surface area contributed by atoms with Gasteiger partial charge in [-0.3, -0.25) is 9.59 Å². The first kappa shape index (κ1) is 31.3. The van der Waals surface area contributed by atoms with Gasteiger partial charge in [0.15, 0.2) is 0 Å². The number of halogens is 2. The highest BCUT2D eigenvalue weighted by Gasteiger charge is 2.36. The van der Waals surface area contributed by atoms with E-state index < -0.39 is 23.9 Å². The molecule has 0 spiro atoms. The summed E-state index contributed by atoms with van der Waals surface area (Å²) in [5.74, 6) is -0.917. The molecule has 238 valence electrons. The Morgan fingerprint density at radius 2 is 1.91 bits per heavy atom. The van der Waals surface area contributed by atoms with Crippen molar-refractivity contribution in [2.24, 2.45) is 0 Å². The van der Waals surface area contributed by atoms with Gasteiger partial charge in [0.2, 0.25) is 11.9 Å². The quantitative estimate of drug-likeness (QED) is 0.242. The van der Waals surface area contributed by atoms with Crippen molar-refractivity contribution < 1.29 is 23.8 Å². The van der Waals surface area contributed by atoms with Crippen molar-refractivity contribution >= 4 is 40.7 Å². The lowest BCUT2D eigenvalue weighted by Gasteiger charge is -2.29. The van der Waals surface area contributed by atoms with Gasteiger partial charge in [0, 0.05) is 30.9 Å². The Kier molecular flexibility index (Phi) is 9.11. The Morgan fingerprint density at radius 3 is 2.67 bits per heavy atom. The lowest BCUT2D eigenvalue weighted by molar-refractivity contribution is -0.126. The molecule has 0 bridgehead atoms. The Balaban J connectivity index is 1.18. The normalized spacial score (nSPS) is 15.8. The standard InChI is InChI=1S/C33H33ClFN7O4/c1-19-4-3-5-21(14-19)27(18-43)39-31(44)20(2)42-17-22-6-9-26(38-29(22)32(42)45)30-24(34)16-36-33(40-30)37-23-7-8-25(35)28(15-23)41-10-12-46-13-11-41/h3-9,14-16,20,27,43H,10-13,17-18H2,1-2H3,(H,39,44)(H,36,37,40)/t20-,27-/m1/s1. The molecule has 2 atom stereocenters. The monoisotopic (exact) mass is 645 g/mol. The van der Waals surface area contributed by atoms with Crippen LogP contribution >= 0.6 is 11.6 Å². The summed E-state index contributed by atoms with van der Waals surface area (Å²) in [6.45, 7) is 5.72. The van der Waals surface area contributed by atoms with Crippen LogP contribution in [0.5, 0.6) is 0 Å². The lowest BCUT2D eigenvalue weighted by Crippen LogP contribution is -2.46. The van der Waals surface area contributed by atoms with Gasteiger partial charge < -0.3 is 30.3 Å². The predicted molar refractivity (Wildman–Crippen MR) is 171 cm³/mol. The second kappa shape index (κ2) is 13.4. The zero-order chi connectivity index (χ0) is 32.4. The maximum absolute atomic E-state index is 14.6. The lowest BCUT2D eigenvalue weighted by atomic mass is 10.0. The number of carbonyl (C=O) groups excluding carboxylic acids is 2. The summed E-state index contributed by atoms with van der Waals surface area (Å²) in [7, 11) is 0. The predicted octanol–water partition coefficient (Wildman–Crippen LogP) is 4.41. The summed E-state index contributed by atoms with van der Waals surface area (Å²) in [6.07, 6.45) is 1.43. The number of aromatic nitrogens is 3. The Labute approximate surface area is 270 Å². The molecule has 2 aromatic heterocycles. The summed E-state index contributed by atoms with van der Waals surface area (Å²) >= 11 is 6.48. The van der Waals surface area contributed by atoms with Crippen LogP contribution in [-0.2, 0) is 16.1 Å². The van der Waals surface area contributed by atoms with E-state index in [0.29, 0.717) is 54.6 Å². The molecule has 4 aromatic rings. The molecule has 2 aliphatic rings. The number of hydrogen-bond donors (Lipinski definition) is 3. The van der Waals surface area contributed by atoms with E-state index in [1.165, 1.54) is 17.2 Å². The number of anilines is 3. The highest BCUT2D eigenvalue weighted by molar-refractivity contribution is 6.32. The largest absolute Gasteiger partial charge is 0.394 e. The molecule has 46 heavy (non-hydrogen) atoms. The van der Waals surface area contributed by atoms with Gasteiger partial charge in [-0.2, -0.15) is 0 Å². The van der Waals surface area contributed by atoms with Crippen LogP contribution in [0.1, 0.15) is 40.1 Å². The number of ether oxygens (including phenoxy) is 1. The van der Waals surface area contributed by atoms with E-state index in [1.807, 2.05) is 36.1 Å². The molecule has 1 fully saturated rings. The number of morpholine rings is 1. The second-order valence-corrected chi connectivity index (χ2v) is 11.7. The SMILES string of the molecule is Cc1cccc([C@@H](CO)NC(=O)[C@@H](C)N2Cc3ccc(-c4nc(Nc5ccc(F)c(N6CCOCC6)c5)ncc4Cl)nc3C2=O)c1. The van der Waals surface area contributed by atoms with E-state index in [4.69, 9.17) is 16.3 Å². The first-order valence-corrected chi connectivity index (χ1v) is 15.3. The second-order valence-electron chi connectivity index (χ2n) is 11.3. The Morgan fingerprint density at radius 1 is 1.11 bits per heavy atom. The summed E-state index contributed by atoms with van der Waals surface area (Å²) in [5.41, 5.74) is 4.35. The number of nitrogens with zero attached hydrogens (tertiary/aromatic N) is 5. The van der Waals surface area contributed by atoms with Crippen molar-refractivity contribution in [1.82, 2.24) is 25.2 Å². The van der Waals surface area contributed by atoms with Crippen LogP contribution in [0.25, 0.3) is 11.4 Å². The molecule has 11 nitrogen and oxygen atoms in total. The Hall–Kier alpha value is -4.65. The van der Waals surface area contributed by atoms with Crippen LogP contribution in [-0.4, -0.2) is 75.7 Å². The molecule has 3 N–H and O–H groups in total.